The number of hydrogen-bond acceptors (Lipinski definition) is 5. The van der Waals surface area contributed by atoms with Crippen LogP contribution in [0.1, 0.15) is 39.9 Å². The molecule has 0 aromatic heterocycles. The Morgan fingerprint density at radius 1 is 1.00 bits per heavy atom. The first-order valence-corrected chi connectivity index (χ1v) is 10.9. The number of nitrogens with one attached hydrogen (secondary N) is 1. The second-order valence-corrected chi connectivity index (χ2v) is 8.21. The van der Waals surface area contributed by atoms with Crippen molar-refractivity contribution in [2.24, 2.45) is 0 Å². The topological polar surface area (TPSA) is 64.6 Å². The monoisotopic (exact) mass is 455 g/mol. The fourth-order valence-electron chi connectivity index (χ4n) is 4.66. The molecule has 0 saturated carbocycles. The van der Waals surface area contributed by atoms with E-state index >= 15 is 0 Å². The van der Waals surface area contributed by atoms with Crippen molar-refractivity contribution >= 4 is 17.4 Å². The number of esters is 1. The first-order chi connectivity index (χ1) is 16.5. The second-order valence-electron chi connectivity index (χ2n) is 8.21. The molecule has 170 valence electrons. The molecule has 2 aliphatic rings. The number of methoxy groups -OCH3 is 1. The van der Waals surface area contributed by atoms with Gasteiger partial charge >= 0.3 is 5.97 Å². The summed E-state index contributed by atoms with van der Waals surface area (Å²) >= 11 is 0. The van der Waals surface area contributed by atoms with E-state index < -0.39 is 11.9 Å². The van der Waals surface area contributed by atoms with Gasteiger partial charge < -0.3 is 14.8 Å². The fourth-order valence-corrected chi connectivity index (χ4v) is 4.66. The maximum atomic E-state index is 13.6. The highest BCUT2D eigenvalue weighted by atomic mass is 19.1. The average Bonchev–Trinajstić information content (AvgIpc) is 3.13. The number of dihydropyridines is 1. The van der Waals surface area contributed by atoms with Gasteiger partial charge in [-0.3, -0.25) is 4.79 Å². The van der Waals surface area contributed by atoms with E-state index in [0.717, 1.165) is 5.56 Å². The number of benzene rings is 3. The van der Waals surface area contributed by atoms with Crippen molar-refractivity contribution in [1.29, 1.82) is 0 Å². The molecular formula is C28H22FNO4. The number of ether oxygens (including phenoxy) is 2. The van der Waals surface area contributed by atoms with Crippen LogP contribution in [0.3, 0.4) is 0 Å². The lowest BCUT2D eigenvalue weighted by molar-refractivity contribution is -0.136. The molecule has 5 nitrogen and oxygen atoms in total. The Bertz CT molecular complexity index is 1390. The van der Waals surface area contributed by atoms with Crippen LogP contribution in [0.5, 0.6) is 5.75 Å². The maximum Gasteiger partial charge on any atom is 0.336 e. The van der Waals surface area contributed by atoms with E-state index in [4.69, 9.17) is 9.47 Å². The van der Waals surface area contributed by atoms with Gasteiger partial charge in [-0.25, -0.2) is 9.18 Å². The van der Waals surface area contributed by atoms with Gasteiger partial charge in [0.2, 0.25) is 0 Å². The quantitative estimate of drug-likeness (QED) is 0.540. The van der Waals surface area contributed by atoms with E-state index in [2.05, 4.69) is 5.32 Å². The van der Waals surface area contributed by atoms with Crippen molar-refractivity contribution in [3.8, 4) is 5.75 Å². The van der Waals surface area contributed by atoms with Crippen molar-refractivity contribution in [2.75, 3.05) is 7.11 Å². The Morgan fingerprint density at radius 2 is 1.74 bits per heavy atom. The number of ketones is 1. The van der Waals surface area contributed by atoms with Crippen LogP contribution in [0.25, 0.3) is 5.70 Å². The van der Waals surface area contributed by atoms with Crippen molar-refractivity contribution in [3.05, 3.63) is 118 Å². The molecular weight excluding hydrogens is 433 g/mol. The van der Waals surface area contributed by atoms with Gasteiger partial charge in [0, 0.05) is 28.0 Å². The Kier molecular flexibility index (Phi) is 5.49. The van der Waals surface area contributed by atoms with Crippen LogP contribution in [0, 0.1) is 5.82 Å². The predicted octanol–water partition coefficient (Wildman–Crippen LogP) is 5.15. The Labute approximate surface area is 196 Å². The molecule has 0 radical (unpaired) electrons. The first-order valence-electron chi connectivity index (χ1n) is 10.9. The minimum Gasteiger partial charge on any atom is -0.489 e. The van der Waals surface area contributed by atoms with Gasteiger partial charge in [0.1, 0.15) is 18.2 Å². The largest absolute Gasteiger partial charge is 0.489 e. The number of halogens is 1. The third kappa shape index (κ3) is 3.57. The maximum absolute atomic E-state index is 13.6. The van der Waals surface area contributed by atoms with Gasteiger partial charge in [-0.15, -0.1) is 0 Å². The fraction of sp³-hybridized carbons (Fsp3) is 0.143. The van der Waals surface area contributed by atoms with Crippen LogP contribution in [-0.4, -0.2) is 18.9 Å². The van der Waals surface area contributed by atoms with Crippen LogP contribution < -0.4 is 10.1 Å². The van der Waals surface area contributed by atoms with Crippen LogP contribution >= 0.6 is 0 Å². The molecule has 1 N–H and O–H groups in total. The summed E-state index contributed by atoms with van der Waals surface area (Å²) in [5.41, 5.74) is 4.85. The summed E-state index contributed by atoms with van der Waals surface area (Å²) in [5.74, 6) is -1.19. The molecule has 1 atom stereocenters. The van der Waals surface area contributed by atoms with Crippen LogP contribution in [-0.2, 0) is 16.1 Å². The van der Waals surface area contributed by atoms with Gasteiger partial charge in [0.05, 0.1) is 24.3 Å². The molecule has 1 aliphatic heterocycles. The van der Waals surface area contributed by atoms with E-state index in [1.807, 2.05) is 36.4 Å². The molecule has 0 fully saturated rings. The predicted molar refractivity (Wildman–Crippen MR) is 125 cm³/mol. The molecule has 3 aromatic carbocycles. The highest BCUT2D eigenvalue weighted by Gasteiger charge is 2.43. The summed E-state index contributed by atoms with van der Waals surface area (Å²) in [4.78, 5) is 26.5. The van der Waals surface area contributed by atoms with Crippen LogP contribution in [0.2, 0.25) is 0 Å². The zero-order valence-corrected chi connectivity index (χ0v) is 18.7. The standard InChI is InChI=1S/C28H22FNO4/c1-16-23(28(32)33-2)24(25-26(30-16)19-10-3-4-11-20(19)27(25)31)21-12-5-6-13-22(21)34-15-17-8-7-9-18(29)14-17/h3-14,24,30H,15H2,1-2H3/t24-/m0/s1. The number of allylic oxidation sites excluding steroid dienone is 2. The highest BCUT2D eigenvalue weighted by molar-refractivity contribution is 6.23. The van der Waals surface area contributed by atoms with Gasteiger partial charge in [0.25, 0.3) is 0 Å². The number of carbonyl (C=O) groups is 2. The number of carbonyl (C=O) groups excluding carboxylic acids is 2. The smallest absolute Gasteiger partial charge is 0.336 e. The number of para-hydroxylation sites is 1. The Balaban J connectivity index is 1.62. The molecule has 0 bridgehead atoms. The Hall–Kier alpha value is -4.19. The third-order valence-electron chi connectivity index (χ3n) is 6.17. The average molecular weight is 455 g/mol. The minimum atomic E-state index is -0.688. The molecule has 0 unspecified atom stereocenters. The van der Waals surface area contributed by atoms with E-state index in [1.165, 1.54) is 19.2 Å². The summed E-state index contributed by atoms with van der Waals surface area (Å²) in [6, 6.07) is 20.8. The van der Waals surface area contributed by atoms with Gasteiger partial charge in [-0.2, -0.15) is 0 Å². The van der Waals surface area contributed by atoms with Crippen LogP contribution in [0.15, 0.2) is 89.6 Å². The molecule has 1 heterocycles. The lowest BCUT2D eigenvalue weighted by atomic mass is 9.79. The summed E-state index contributed by atoms with van der Waals surface area (Å²) in [6.45, 7) is 1.93. The second kappa shape index (κ2) is 8.63. The van der Waals surface area contributed by atoms with Gasteiger partial charge in [-0.05, 0) is 30.7 Å². The minimum absolute atomic E-state index is 0.135. The number of hydrogen-bond donors (Lipinski definition) is 1. The van der Waals surface area contributed by atoms with Crippen molar-refractivity contribution in [1.82, 2.24) is 5.32 Å². The van der Waals surface area contributed by atoms with E-state index in [-0.39, 0.29) is 18.2 Å². The zero-order valence-electron chi connectivity index (χ0n) is 18.7. The van der Waals surface area contributed by atoms with Gasteiger partial charge in [-0.1, -0.05) is 54.6 Å². The summed E-state index contributed by atoms with van der Waals surface area (Å²) in [7, 11) is 1.32. The summed E-state index contributed by atoms with van der Waals surface area (Å²) in [6.07, 6.45) is 0. The molecule has 0 spiro atoms. The van der Waals surface area contributed by atoms with E-state index in [1.54, 1.807) is 31.2 Å². The third-order valence-corrected chi connectivity index (χ3v) is 6.17. The number of rotatable bonds is 5. The molecule has 3 aromatic rings. The zero-order chi connectivity index (χ0) is 23.8. The van der Waals surface area contributed by atoms with Crippen molar-refractivity contribution < 1.29 is 23.5 Å². The van der Waals surface area contributed by atoms with Crippen molar-refractivity contribution in [3.63, 3.8) is 0 Å². The highest BCUT2D eigenvalue weighted by Crippen LogP contribution is 2.48. The van der Waals surface area contributed by atoms with Crippen LogP contribution in [0.4, 0.5) is 4.39 Å². The SMILES string of the molecule is COC(=O)C1=C(C)NC2=C(C(=O)c3ccccc32)[C@H]1c1ccccc1OCc1cccc(F)c1. The Morgan fingerprint density at radius 3 is 2.50 bits per heavy atom. The van der Waals surface area contributed by atoms with Gasteiger partial charge in [0.15, 0.2) is 5.78 Å². The number of Topliss-reactive ketones (excluding diaryl/α,β-unsaturated/α-hetero) is 1. The first kappa shape index (κ1) is 21.6. The lowest BCUT2D eigenvalue weighted by Crippen LogP contribution is -2.29. The van der Waals surface area contributed by atoms with Crippen molar-refractivity contribution in [2.45, 2.75) is 19.4 Å². The van der Waals surface area contributed by atoms with E-state index in [0.29, 0.717) is 45.0 Å². The lowest BCUT2D eigenvalue weighted by Gasteiger charge is -2.30. The molecule has 0 amide bonds. The normalized spacial score (nSPS) is 16.7. The molecule has 34 heavy (non-hydrogen) atoms. The number of fused-ring (bicyclic) bond motifs is 2. The molecule has 5 rings (SSSR count). The summed E-state index contributed by atoms with van der Waals surface area (Å²) < 4.78 is 24.8. The van der Waals surface area contributed by atoms with E-state index in [9.17, 15) is 14.0 Å². The molecule has 1 aliphatic carbocycles. The molecule has 0 saturated heterocycles. The summed E-state index contributed by atoms with van der Waals surface area (Å²) in [5, 5.41) is 3.27. The molecule has 6 heteroatoms.